The fourth-order valence-corrected chi connectivity index (χ4v) is 5.07. The number of fused-ring (bicyclic) bond motifs is 1. The number of carbonyl (C=O) groups excluding carboxylic acids is 2. The van der Waals surface area contributed by atoms with E-state index >= 15 is 0 Å². The summed E-state index contributed by atoms with van der Waals surface area (Å²) in [6.45, 7) is 14.3. The Morgan fingerprint density at radius 1 is 1.17 bits per heavy atom. The summed E-state index contributed by atoms with van der Waals surface area (Å²) >= 11 is 0. The van der Waals surface area contributed by atoms with E-state index in [1.165, 1.54) is 19.4 Å². The molecule has 0 N–H and O–H groups in total. The van der Waals surface area contributed by atoms with E-state index in [0.717, 1.165) is 25.7 Å². The standard InChI is InChI=1S/C19H30O4/c1-12-7-8-16-18(4,5)17(23-14(3)21)9-10-19(16,6)15(12)11-22-13(2)20/h15-17H,1,7-11H2,2-6H3/t15-,16-,17-,19+/m0/s1. The molecule has 0 saturated heterocycles. The van der Waals surface area contributed by atoms with Crippen LogP contribution in [0.25, 0.3) is 0 Å². The zero-order valence-corrected chi connectivity index (χ0v) is 15.1. The van der Waals surface area contributed by atoms with Gasteiger partial charge in [-0.1, -0.05) is 32.9 Å². The SMILES string of the molecule is C=C1CC[C@H]2C(C)(C)[C@@H](OC(C)=O)CC[C@]2(C)[C@H]1COC(C)=O. The van der Waals surface area contributed by atoms with Crippen molar-refractivity contribution in [2.24, 2.45) is 22.7 Å². The fourth-order valence-electron chi connectivity index (χ4n) is 5.07. The molecule has 4 nitrogen and oxygen atoms in total. The summed E-state index contributed by atoms with van der Waals surface area (Å²) in [4.78, 5) is 22.7. The highest BCUT2D eigenvalue weighted by atomic mass is 16.5. The maximum Gasteiger partial charge on any atom is 0.302 e. The fraction of sp³-hybridized carbons (Fsp3) is 0.789. The van der Waals surface area contributed by atoms with Gasteiger partial charge in [-0.15, -0.1) is 0 Å². The zero-order chi connectivity index (χ0) is 17.4. The summed E-state index contributed by atoms with van der Waals surface area (Å²) in [5.41, 5.74) is 1.13. The lowest BCUT2D eigenvalue weighted by molar-refractivity contribution is -0.177. The smallest absolute Gasteiger partial charge is 0.302 e. The van der Waals surface area contributed by atoms with E-state index < -0.39 is 0 Å². The second kappa shape index (κ2) is 6.29. The van der Waals surface area contributed by atoms with E-state index in [-0.39, 0.29) is 34.8 Å². The Morgan fingerprint density at radius 2 is 1.83 bits per heavy atom. The first-order valence-electron chi connectivity index (χ1n) is 8.57. The molecule has 2 aliphatic rings. The van der Waals surface area contributed by atoms with Crippen molar-refractivity contribution in [1.29, 1.82) is 0 Å². The molecule has 2 fully saturated rings. The minimum atomic E-state index is -0.239. The number of rotatable bonds is 3. The second-order valence-corrected chi connectivity index (χ2v) is 8.07. The summed E-state index contributed by atoms with van der Waals surface area (Å²) in [5, 5.41) is 0. The van der Waals surface area contributed by atoms with Crippen LogP contribution in [0, 0.1) is 22.7 Å². The molecule has 0 bridgehead atoms. The predicted molar refractivity (Wildman–Crippen MR) is 88.7 cm³/mol. The monoisotopic (exact) mass is 322 g/mol. The number of hydrogen-bond acceptors (Lipinski definition) is 4. The normalized spacial score (nSPS) is 36.0. The Kier molecular flexibility index (Phi) is 4.93. The minimum Gasteiger partial charge on any atom is -0.465 e. The third-order valence-electron chi connectivity index (χ3n) is 6.27. The summed E-state index contributed by atoms with van der Waals surface area (Å²) in [7, 11) is 0. The summed E-state index contributed by atoms with van der Waals surface area (Å²) in [6.07, 6.45) is 3.77. The van der Waals surface area contributed by atoms with Crippen LogP contribution >= 0.6 is 0 Å². The van der Waals surface area contributed by atoms with Crippen molar-refractivity contribution in [3.8, 4) is 0 Å². The number of hydrogen-bond donors (Lipinski definition) is 0. The Balaban J connectivity index is 2.27. The molecule has 4 atom stereocenters. The van der Waals surface area contributed by atoms with Crippen molar-refractivity contribution in [3.63, 3.8) is 0 Å². The van der Waals surface area contributed by atoms with Gasteiger partial charge >= 0.3 is 11.9 Å². The van der Waals surface area contributed by atoms with Crippen LogP contribution in [-0.4, -0.2) is 24.6 Å². The largest absolute Gasteiger partial charge is 0.465 e. The van der Waals surface area contributed by atoms with Crippen molar-refractivity contribution < 1.29 is 19.1 Å². The summed E-state index contributed by atoms with van der Waals surface area (Å²) < 4.78 is 11.0. The van der Waals surface area contributed by atoms with Gasteiger partial charge in [-0.05, 0) is 37.0 Å². The van der Waals surface area contributed by atoms with E-state index in [1.54, 1.807) is 0 Å². The molecule has 0 radical (unpaired) electrons. The number of esters is 2. The Hall–Kier alpha value is -1.32. The van der Waals surface area contributed by atoms with Gasteiger partial charge in [-0.2, -0.15) is 0 Å². The minimum absolute atomic E-state index is 0.0327. The summed E-state index contributed by atoms with van der Waals surface area (Å²) in [5.74, 6) is 0.154. The van der Waals surface area contributed by atoms with Crippen molar-refractivity contribution >= 4 is 11.9 Å². The second-order valence-electron chi connectivity index (χ2n) is 8.07. The molecule has 23 heavy (non-hydrogen) atoms. The van der Waals surface area contributed by atoms with Crippen LogP contribution in [0.2, 0.25) is 0 Å². The molecule has 0 amide bonds. The Morgan fingerprint density at radius 3 is 2.39 bits per heavy atom. The van der Waals surface area contributed by atoms with Gasteiger partial charge in [0.2, 0.25) is 0 Å². The molecule has 4 heteroatoms. The third kappa shape index (κ3) is 3.31. The molecule has 0 unspecified atom stereocenters. The van der Waals surface area contributed by atoms with Crippen LogP contribution < -0.4 is 0 Å². The highest BCUT2D eigenvalue weighted by Gasteiger charge is 2.57. The number of ether oxygens (including phenoxy) is 2. The van der Waals surface area contributed by atoms with Gasteiger partial charge < -0.3 is 9.47 Å². The average molecular weight is 322 g/mol. The Labute approximate surface area is 139 Å². The molecule has 0 aliphatic heterocycles. The van der Waals surface area contributed by atoms with Crippen LogP contribution in [0.15, 0.2) is 12.2 Å². The molecule has 130 valence electrons. The van der Waals surface area contributed by atoms with Crippen molar-refractivity contribution in [3.05, 3.63) is 12.2 Å². The molecule has 2 rings (SSSR count). The van der Waals surface area contributed by atoms with Gasteiger partial charge in [-0.3, -0.25) is 9.59 Å². The first-order valence-corrected chi connectivity index (χ1v) is 8.57. The molecule has 2 aliphatic carbocycles. The van der Waals surface area contributed by atoms with Gasteiger partial charge in [0, 0.05) is 25.2 Å². The maximum atomic E-state index is 11.4. The molecular weight excluding hydrogens is 292 g/mol. The highest BCUT2D eigenvalue weighted by Crippen LogP contribution is 2.61. The first-order chi connectivity index (χ1) is 10.6. The van der Waals surface area contributed by atoms with E-state index in [1.807, 2.05) is 0 Å². The molecule has 0 aromatic heterocycles. The molecule has 0 heterocycles. The van der Waals surface area contributed by atoms with E-state index in [4.69, 9.17) is 9.47 Å². The Bertz CT molecular complexity index is 507. The van der Waals surface area contributed by atoms with Crippen LogP contribution in [0.1, 0.15) is 60.3 Å². The predicted octanol–water partition coefficient (Wildman–Crippen LogP) is 3.89. The molecule has 0 spiro atoms. The lowest BCUT2D eigenvalue weighted by Gasteiger charge is -2.59. The van der Waals surface area contributed by atoms with Crippen LogP contribution in [0.5, 0.6) is 0 Å². The topological polar surface area (TPSA) is 52.6 Å². The third-order valence-corrected chi connectivity index (χ3v) is 6.27. The molecule has 0 aromatic rings. The zero-order valence-electron chi connectivity index (χ0n) is 15.1. The lowest BCUT2D eigenvalue weighted by Crippen LogP contribution is -2.56. The van der Waals surface area contributed by atoms with Crippen LogP contribution in [0.3, 0.4) is 0 Å². The quantitative estimate of drug-likeness (QED) is 0.584. The molecular formula is C19H30O4. The van der Waals surface area contributed by atoms with Gasteiger partial charge in [0.05, 0.1) is 6.61 Å². The van der Waals surface area contributed by atoms with E-state index in [0.29, 0.717) is 12.5 Å². The van der Waals surface area contributed by atoms with Gasteiger partial charge in [0.1, 0.15) is 6.10 Å². The molecule has 0 aromatic carbocycles. The van der Waals surface area contributed by atoms with Crippen LogP contribution in [-0.2, 0) is 19.1 Å². The van der Waals surface area contributed by atoms with E-state index in [9.17, 15) is 9.59 Å². The number of carbonyl (C=O) groups is 2. The van der Waals surface area contributed by atoms with Crippen molar-refractivity contribution in [2.45, 2.75) is 66.4 Å². The first kappa shape index (κ1) is 18.0. The van der Waals surface area contributed by atoms with Crippen molar-refractivity contribution in [1.82, 2.24) is 0 Å². The highest BCUT2D eigenvalue weighted by molar-refractivity contribution is 5.66. The van der Waals surface area contributed by atoms with Crippen molar-refractivity contribution in [2.75, 3.05) is 6.61 Å². The van der Waals surface area contributed by atoms with Gasteiger partial charge in [0.25, 0.3) is 0 Å². The van der Waals surface area contributed by atoms with E-state index in [2.05, 4.69) is 27.4 Å². The van der Waals surface area contributed by atoms with Gasteiger partial charge in [-0.25, -0.2) is 0 Å². The van der Waals surface area contributed by atoms with Gasteiger partial charge in [0.15, 0.2) is 0 Å². The lowest BCUT2D eigenvalue weighted by atomic mass is 9.47. The average Bonchev–Trinajstić information content (AvgIpc) is 2.40. The summed E-state index contributed by atoms with van der Waals surface area (Å²) in [6, 6.07) is 0. The molecule has 2 saturated carbocycles. The van der Waals surface area contributed by atoms with Crippen LogP contribution in [0.4, 0.5) is 0 Å². The maximum absolute atomic E-state index is 11.4.